The highest BCUT2D eigenvalue weighted by atomic mass is 15.4. The molecule has 0 spiro atoms. The molecular weight excluding hydrogens is 150 g/mol. The predicted octanol–water partition coefficient (Wildman–Crippen LogP) is 0.633. The number of hydrazine groups is 1. The molecule has 1 aliphatic rings. The van der Waals surface area contributed by atoms with E-state index in [2.05, 4.69) is 23.1 Å². The highest BCUT2D eigenvalue weighted by molar-refractivity contribution is 4.72. The minimum absolute atomic E-state index is 0.683. The summed E-state index contributed by atoms with van der Waals surface area (Å²) in [6.07, 6.45) is 5.02. The molecule has 1 fully saturated rings. The van der Waals surface area contributed by atoms with Gasteiger partial charge in [-0.3, -0.25) is 10.9 Å². The molecule has 1 heterocycles. The first kappa shape index (κ1) is 9.96. The molecular formula is C9H21N3. The molecule has 0 amide bonds. The van der Waals surface area contributed by atoms with Gasteiger partial charge in [-0.25, -0.2) is 0 Å². The van der Waals surface area contributed by atoms with Crippen LogP contribution in [-0.2, 0) is 0 Å². The molecule has 72 valence electrons. The van der Waals surface area contributed by atoms with E-state index in [0.717, 1.165) is 19.6 Å². The number of piperidine rings is 1. The van der Waals surface area contributed by atoms with Crippen LogP contribution in [-0.4, -0.2) is 25.7 Å². The Kier molecular flexibility index (Phi) is 5.32. The van der Waals surface area contributed by atoms with Crippen LogP contribution >= 0.6 is 0 Å². The molecule has 0 unspecified atom stereocenters. The first-order valence-electron chi connectivity index (χ1n) is 5.12. The SMILES string of the molecule is CCCCNNC1CCNCC1. The van der Waals surface area contributed by atoms with Crippen molar-refractivity contribution in [1.82, 2.24) is 16.2 Å². The van der Waals surface area contributed by atoms with Crippen LogP contribution in [0.4, 0.5) is 0 Å². The number of hydrogen-bond acceptors (Lipinski definition) is 3. The molecule has 3 heteroatoms. The Hall–Kier alpha value is -0.120. The second kappa shape index (κ2) is 6.40. The Bertz CT molecular complexity index is 99.9. The highest BCUT2D eigenvalue weighted by Crippen LogP contribution is 1.99. The summed E-state index contributed by atoms with van der Waals surface area (Å²) in [5.41, 5.74) is 6.64. The van der Waals surface area contributed by atoms with E-state index < -0.39 is 0 Å². The fraction of sp³-hybridized carbons (Fsp3) is 1.00. The molecule has 3 nitrogen and oxygen atoms in total. The first-order valence-corrected chi connectivity index (χ1v) is 5.12. The maximum absolute atomic E-state index is 3.37. The van der Waals surface area contributed by atoms with Crippen LogP contribution in [0.5, 0.6) is 0 Å². The maximum atomic E-state index is 3.37. The van der Waals surface area contributed by atoms with Crippen LogP contribution in [0.15, 0.2) is 0 Å². The molecule has 1 rings (SSSR count). The molecule has 0 bridgehead atoms. The molecule has 0 aromatic carbocycles. The van der Waals surface area contributed by atoms with Gasteiger partial charge in [-0.1, -0.05) is 13.3 Å². The van der Waals surface area contributed by atoms with Crippen molar-refractivity contribution in [1.29, 1.82) is 0 Å². The Morgan fingerprint density at radius 2 is 2.08 bits per heavy atom. The zero-order chi connectivity index (χ0) is 8.65. The lowest BCUT2D eigenvalue weighted by Crippen LogP contribution is -2.46. The van der Waals surface area contributed by atoms with Crippen molar-refractivity contribution in [2.45, 2.75) is 38.6 Å². The van der Waals surface area contributed by atoms with Crippen LogP contribution in [0.2, 0.25) is 0 Å². The van der Waals surface area contributed by atoms with Gasteiger partial charge < -0.3 is 5.32 Å². The van der Waals surface area contributed by atoms with Gasteiger partial charge in [0.25, 0.3) is 0 Å². The molecule has 0 aromatic heterocycles. The monoisotopic (exact) mass is 171 g/mol. The summed E-state index contributed by atoms with van der Waals surface area (Å²) in [6, 6.07) is 0.683. The van der Waals surface area contributed by atoms with Crippen molar-refractivity contribution in [2.75, 3.05) is 19.6 Å². The van der Waals surface area contributed by atoms with Gasteiger partial charge in [0.05, 0.1) is 0 Å². The summed E-state index contributed by atoms with van der Waals surface area (Å²) in [6.45, 7) is 5.63. The van der Waals surface area contributed by atoms with Crippen molar-refractivity contribution in [3.63, 3.8) is 0 Å². The van der Waals surface area contributed by atoms with E-state index in [1.807, 2.05) is 0 Å². The normalized spacial score (nSPS) is 19.8. The second-order valence-corrected chi connectivity index (χ2v) is 3.45. The van der Waals surface area contributed by atoms with E-state index in [4.69, 9.17) is 0 Å². The van der Waals surface area contributed by atoms with Gasteiger partial charge in [0.15, 0.2) is 0 Å². The maximum Gasteiger partial charge on any atom is 0.0237 e. The van der Waals surface area contributed by atoms with Gasteiger partial charge in [-0.2, -0.15) is 0 Å². The molecule has 0 atom stereocenters. The van der Waals surface area contributed by atoms with Crippen LogP contribution < -0.4 is 16.2 Å². The molecule has 0 saturated carbocycles. The van der Waals surface area contributed by atoms with Crippen molar-refractivity contribution < 1.29 is 0 Å². The summed E-state index contributed by atoms with van der Waals surface area (Å²) in [7, 11) is 0. The Morgan fingerprint density at radius 3 is 2.75 bits per heavy atom. The summed E-state index contributed by atoms with van der Waals surface area (Å²) in [5, 5.41) is 3.35. The number of unbranched alkanes of at least 4 members (excludes halogenated alkanes) is 1. The minimum Gasteiger partial charge on any atom is -0.317 e. The fourth-order valence-electron chi connectivity index (χ4n) is 1.45. The van der Waals surface area contributed by atoms with Gasteiger partial charge in [0, 0.05) is 12.6 Å². The molecule has 1 aliphatic heterocycles. The lowest BCUT2D eigenvalue weighted by molar-refractivity contribution is 0.344. The molecule has 12 heavy (non-hydrogen) atoms. The van der Waals surface area contributed by atoms with E-state index in [-0.39, 0.29) is 0 Å². The zero-order valence-corrected chi connectivity index (χ0v) is 8.03. The smallest absolute Gasteiger partial charge is 0.0237 e. The fourth-order valence-corrected chi connectivity index (χ4v) is 1.45. The summed E-state index contributed by atoms with van der Waals surface area (Å²) in [5.74, 6) is 0. The number of nitrogens with one attached hydrogen (secondary N) is 3. The van der Waals surface area contributed by atoms with Gasteiger partial charge in [-0.15, -0.1) is 0 Å². The van der Waals surface area contributed by atoms with Gasteiger partial charge in [-0.05, 0) is 32.4 Å². The average Bonchev–Trinajstić information content (AvgIpc) is 2.14. The summed E-state index contributed by atoms with van der Waals surface area (Å²) >= 11 is 0. The third kappa shape index (κ3) is 4.04. The Balaban J connectivity index is 1.91. The van der Waals surface area contributed by atoms with E-state index in [1.165, 1.54) is 25.7 Å². The van der Waals surface area contributed by atoms with E-state index in [0.29, 0.717) is 6.04 Å². The van der Waals surface area contributed by atoms with E-state index in [1.54, 1.807) is 0 Å². The third-order valence-corrected chi connectivity index (χ3v) is 2.30. The average molecular weight is 171 g/mol. The molecule has 0 aromatic rings. The van der Waals surface area contributed by atoms with Crippen molar-refractivity contribution in [2.24, 2.45) is 0 Å². The van der Waals surface area contributed by atoms with Gasteiger partial charge in [0.2, 0.25) is 0 Å². The largest absolute Gasteiger partial charge is 0.317 e. The van der Waals surface area contributed by atoms with E-state index >= 15 is 0 Å². The zero-order valence-electron chi connectivity index (χ0n) is 8.03. The number of rotatable bonds is 5. The van der Waals surface area contributed by atoms with Crippen molar-refractivity contribution >= 4 is 0 Å². The van der Waals surface area contributed by atoms with Crippen LogP contribution in [0.1, 0.15) is 32.6 Å². The lowest BCUT2D eigenvalue weighted by Gasteiger charge is -2.23. The summed E-state index contributed by atoms with van der Waals surface area (Å²) in [4.78, 5) is 0. The quantitative estimate of drug-likeness (QED) is 0.419. The van der Waals surface area contributed by atoms with Crippen molar-refractivity contribution in [3.05, 3.63) is 0 Å². The molecule has 0 radical (unpaired) electrons. The molecule has 1 saturated heterocycles. The number of hydrogen-bond donors (Lipinski definition) is 3. The van der Waals surface area contributed by atoms with Crippen LogP contribution in [0.25, 0.3) is 0 Å². The Labute approximate surface area is 75.3 Å². The van der Waals surface area contributed by atoms with Gasteiger partial charge in [0.1, 0.15) is 0 Å². The van der Waals surface area contributed by atoms with Gasteiger partial charge >= 0.3 is 0 Å². The first-order chi connectivity index (χ1) is 5.93. The van der Waals surface area contributed by atoms with E-state index in [9.17, 15) is 0 Å². The molecule has 0 aliphatic carbocycles. The minimum atomic E-state index is 0.683. The standard InChI is InChI=1S/C9H21N3/c1-2-3-6-11-12-9-4-7-10-8-5-9/h9-12H,2-8H2,1H3. The van der Waals surface area contributed by atoms with Crippen LogP contribution in [0.3, 0.4) is 0 Å². The Morgan fingerprint density at radius 1 is 1.33 bits per heavy atom. The van der Waals surface area contributed by atoms with Crippen LogP contribution in [0, 0.1) is 0 Å². The second-order valence-electron chi connectivity index (χ2n) is 3.45. The molecule has 3 N–H and O–H groups in total. The predicted molar refractivity (Wildman–Crippen MR) is 51.9 cm³/mol. The lowest BCUT2D eigenvalue weighted by atomic mass is 10.1. The topological polar surface area (TPSA) is 36.1 Å². The highest BCUT2D eigenvalue weighted by Gasteiger charge is 2.10. The van der Waals surface area contributed by atoms with Crippen molar-refractivity contribution in [3.8, 4) is 0 Å². The third-order valence-electron chi connectivity index (χ3n) is 2.30. The summed E-state index contributed by atoms with van der Waals surface area (Å²) < 4.78 is 0.